The van der Waals surface area contributed by atoms with E-state index in [1.165, 1.54) is 7.11 Å². The van der Waals surface area contributed by atoms with Crippen LogP contribution in [0.4, 0.5) is 0 Å². The van der Waals surface area contributed by atoms with Crippen molar-refractivity contribution in [3.05, 3.63) is 23.4 Å². The van der Waals surface area contributed by atoms with Crippen molar-refractivity contribution in [3.8, 4) is 0 Å². The van der Waals surface area contributed by atoms with E-state index in [0.717, 1.165) is 17.3 Å². The van der Waals surface area contributed by atoms with E-state index in [0.29, 0.717) is 11.4 Å². The maximum Gasteiger partial charge on any atom is 0.322 e. The number of aromatic nitrogens is 1. The fourth-order valence-electron chi connectivity index (χ4n) is 1.42. The maximum atomic E-state index is 11.5. The van der Waals surface area contributed by atoms with Crippen molar-refractivity contribution in [2.75, 3.05) is 19.4 Å². The highest BCUT2D eigenvalue weighted by Crippen LogP contribution is 2.18. The van der Waals surface area contributed by atoms with Gasteiger partial charge in [-0.25, -0.2) is 4.98 Å². The van der Waals surface area contributed by atoms with Crippen LogP contribution in [-0.4, -0.2) is 36.4 Å². The molecule has 100 valence electrons. The fraction of sp³-hybridized carbons (Fsp3) is 0.500. The third-order valence-corrected chi connectivity index (χ3v) is 3.49. The summed E-state index contributed by atoms with van der Waals surface area (Å²) in [5.74, 6) is 0.572. The van der Waals surface area contributed by atoms with Gasteiger partial charge >= 0.3 is 5.97 Å². The molecular formula is C12H17ClN2O2S. The van der Waals surface area contributed by atoms with Crippen LogP contribution < -0.4 is 5.32 Å². The number of carbonyl (C=O) groups is 1. The molecule has 1 aromatic heterocycles. The van der Waals surface area contributed by atoms with Gasteiger partial charge in [0.05, 0.1) is 17.2 Å². The summed E-state index contributed by atoms with van der Waals surface area (Å²) in [4.78, 5) is 15.6. The summed E-state index contributed by atoms with van der Waals surface area (Å²) >= 11 is 7.35. The molecule has 18 heavy (non-hydrogen) atoms. The molecule has 1 N–H and O–H groups in total. The lowest BCUT2D eigenvalue weighted by Crippen LogP contribution is -2.37. The van der Waals surface area contributed by atoms with E-state index >= 15 is 0 Å². The van der Waals surface area contributed by atoms with E-state index in [4.69, 9.17) is 16.3 Å². The minimum Gasteiger partial charge on any atom is -0.468 e. The van der Waals surface area contributed by atoms with Crippen LogP contribution in [0.25, 0.3) is 0 Å². The van der Waals surface area contributed by atoms with Crippen molar-refractivity contribution in [3.63, 3.8) is 0 Å². The normalized spacial score (nSPS) is 12.2. The number of carbonyl (C=O) groups excluding carboxylic acids is 1. The van der Waals surface area contributed by atoms with E-state index < -0.39 is 0 Å². The summed E-state index contributed by atoms with van der Waals surface area (Å²) in [6.07, 6.45) is 2.32. The Balaban J connectivity index is 2.38. The molecule has 1 aromatic rings. The summed E-state index contributed by atoms with van der Waals surface area (Å²) < 4.78 is 4.74. The van der Waals surface area contributed by atoms with Crippen molar-refractivity contribution < 1.29 is 9.53 Å². The fourth-order valence-corrected chi connectivity index (χ4v) is 2.39. The monoisotopic (exact) mass is 288 g/mol. The van der Waals surface area contributed by atoms with Gasteiger partial charge < -0.3 is 10.1 Å². The Morgan fingerprint density at radius 3 is 2.94 bits per heavy atom. The topological polar surface area (TPSA) is 51.2 Å². The molecule has 0 bridgehead atoms. The van der Waals surface area contributed by atoms with Crippen LogP contribution in [0.5, 0.6) is 0 Å². The molecule has 0 saturated heterocycles. The van der Waals surface area contributed by atoms with Crippen LogP contribution >= 0.6 is 23.4 Å². The highest BCUT2D eigenvalue weighted by atomic mass is 35.5. The number of rotatable bonds is 7. The number of ether oxygens (including phenoxy) is 1. The SMILES string of the molecule is CCNC(CCSc1ccc(Cl)cn1)C(=O)OC. The van der Waals surface area contributed by atoms with E-state index in [2.05, 4.69) is 10.3 Å². The van der Waals surface area contributed by atoms with Gasteiger partial charge in [-0.1, -0.05) is 18.5 Å². The van der Waals surface area contributed by atoms with Gasteiger partial charge in [-0.15, -0.1) is 11.8 Å². The minimum absolute atomic E-state index is 0.221. The summed E-state index contributed by atoms with van der Waals surface area (Å²) in [6, 6.07) is 3.42. The molecule has 0 radical (unpaired) electrons. The first-order valence-electron chi connectivity index (χ1n) is 5.73. The number of halogens is 1. The Hall–Kier alpha value is -0.780. The summed E-state index contributed by atoms with van der Waals surface area (Å²) in [7, 11) is 1.40. The smallest absolute Gasteiger partial charge is 0.322 e. The summed E-state index contributed by atoms with van der Waals surface area (Å²) in [6.45, 7) is 2.70. The first-order chi connectivity index (χ1) is 8.67. The number of esters is 1. The lowest BCUT2D eigenvalue weighted by Gasteiger charge is -2.14. The number of nitrogens with zero attached hydrogens (tertiary/aromatic N) is 1. The number of hydrogen-bond donors (Lipinski definition) is 1. The quantitative estimate of drug-likeness (QED) is 0.617. The molecule has 0 aliphatic heterocycles. The van der Waals surface area contributed by atoms with Crippen molar-refractivity contribution >= 4 is 29.3 Å². The molecule has 1 rings (SSSR count). The summed E-state index contributed by atoms with van der Waals surface area (Å²) in [5.41, 5.74) is 0. The Morgan fingerprint density at radius 1 is 1.61 bits per heavy atom. The Bertz CT molecular complexity index is 373. The van der Waals surface area contributed by atoms with Crippen molar-refractivity contribution in [2.24, 2.45) is 0 Å². The number of thioether (sulfide) groups is 1. The van der Waals surface area contributed by atoms with Gasteiger partial charge in [0, 0.05) is 11.9 Å². The van der Waals surface area contributed by atoms with E-state index in [1.807, 2.05) is 13.0 Å². The molecule has 0 saturated carbocycles. The first-order valence-corrected chi connectivity index (χ1v) is 7.09. The van der Waals surface area contributed by atoms with Gasteiger partial charge in [-0.05, 0) is 25.1 Å². The van der Waals surface area contributed by atoms with Crippen molar-refractivity contribution in [1.82, 2.24) is 10.3 Å². The average molecular weight is 289 g/mol. The van der Waals surface area contributed by atoms with E-state index in [-0.39, 0.29) is 12.0 Å². The predicted octanol–water partition coefficient (Wildman–Crippen LogP) is 2.37. The van der Waals surface area contributed by atoms with Gasteiger partial charge in [0.15, 0.2) is 0 Å². The lowest BCUT2D eigenvalue weighted by atomic mass is 10.2. The largest absolute Gasteiger partial charge is 0.468 e. The van der Waals surface area contributed by atoms with Crippen LogP contribution in [0.2, 0.25) is 5.02 Å². The van der Waals surface area contributed by atoms with Gasteiger partial charge in [0.2, 0.25) is 0 Å². The lowest BCUT2D eigenvalue weighted by molar-refractivity contribution is -0.143. The molecule has 1 heterocycles. The second-order valence-corrected chi connectivity index (χ2v) is 5.14. The zero-order valence-electron chi connectivity index (χ0n) is 10.5. The first kappa shape index (κ1) is 15.3. The van der Waals surface area contributed by atoms with Gasteiger partial charge in [0.1, 0.15) is 6.04 Å². The van der Waals surface area contributed by atoms with Gasteiger partial charge in [-0.2, -0.15) is 0 Å². The predicted molar refractivity (Wildman–Crippen MR) is 74.1 cm³/mol. The molecule has 4 nitrogen and oxygen atoms in total. The maximum absolute atomic E-state index is 11.5. The molecule has 0 fully saturated rings. The minimum atomic E-state index is -0.250. The number of nitrogens with one attached hydrogen (secondary N) is 1. The number of methoxy groups -OCH3 is 1. The van der Waals surface area contributed by atoms with Crippen LogP contribution in [0.3, 0.4) is 0 Å². The second-order valence-electron chi connectivity index (χ2n) is 3.59. The van der Waals surface area contributed by atoms with E-state index in [1.54, 1.807) is 24.0 Å². The molecule has 6 heteroatoms. The van der Waals surface area contributed by atoms with Crippen LogP contribution in [-0.2, 0) is 9.53 Å². The van der Waals surface area contributed by atoms with Crippen LogP contribution in [0.15, 0.2) is 23.4 Å². The zero-order valence-corrected chi connectivity index (χ0v) is 12.1. The highest BCUT2D eigenvalue weighted by Gasteiger charge is 2.17. The molecule has 0 amide bonds. The molecule has 0 spiro atoms. The average Bonchev–Trinajstić information content (AvgIpc) is 2.39. The molecule has 0 aromatic carbocycles. The third-order valence-electron chi connectivity index (χ3n) is 2.29. The highest BCUT2D eigenvalue weighted by molar-refractivity contribution is 7.99. The Morgan fingerprint density at radius 2 is 2.39 bits per heavy atom. The van der Waals surface area contributed by atoms with Gasteiger partial charge in [0.25, 0.3) is 0 Å². The molecular weight excluding hydrogens is 272 g/mol. The van der Waals surface area contributed by atoms with E-state index in [9.17, 15) is 4.79 Å². The van der Waals surface area contributed by atoms with Crippen molar-refractivity contribution in [2.45, 2.75) is 24.4 Å². The van der Waals surface area contributed by atoms with Gasteiger partial charge in [-0.3, -0.25) is 4.79 Å². The van der Waals surface area contributed by atoms with Crippen molar-refractivity contribution in [1.29, 1.82) is 0 Å². The second kappa shape index (κ2) is 8.34. The number of hydrogen-bond acceptors (Lipinski definition) is 5. The molecule has 1 atom stereocenters. The van der Waals surface area contributed by atoms with Crippen LogP contribution in [0.1, 0.15) is 13.3 Å². The zero-order chi connectivity index (χ0) is 13.4. The molecule has 0 aliphatic carbocycles. The number of pyridine rings is 1. The molecule has 0 aliphatic rings. The third kappa shape index (κ3) is 5.25. The Kier molecular flexibility index (Phi) is 7.08. The number of likely N-dealkylation sites (N-methyl/N-ethyl adjacent to an activating group) is 1. The summed E-state index contributed by atoms with van der Waals surface area (Å²) in [5, 5.41) is 4.63. The molecule has 1 unspecified atom stereocenters. The Labute approximate surface area is 116 Å². The standard InChI is InChI=1S/C12H17ClN2O2S/c1-3-14-10(12(16)17-2)6-7-18-11-5-4-9(13)8-15-11/h4-5,8,10,14H,3,6-7H2,1-2H3. The van der Waals surface area contributed by atoms with Crippen LogP contribution in [0, 0.1) is 0 Å².